The summed E-state index contributed by atoms with van der Waals surface area (Å²) >= 11 is 0. The van der Waals surface area contributed by atoms with Gasteiger partial charge in [-0.1, -0.05) is 13.2 Å². The fourth-order valence-electron chi connectivity index (χ4n) is 2.44. The van der Waals surface area contributed by atoms with Crippen molar-refractivity contribution in [1.82, 2.24) is 0 Å². The van der Waals surface area contributed by atoms with Crippen molar-refractivity contribution in [3.8, 4) is 0 Å². The SMILES string of the molecule is C=C(C)C(=O)OCCOCC(=O)O[Si](OCCO[Si](=O)C(=C)C)(OC(C)=O)OC(=O)C(OCC)(OCC)OCC. The molecule has 0 saturated carbocycles. The average Bonchev–Trinajstić information content (AvgIpc) is 2.85. The molecule has 15 nitrogen and oxygen atoms in total. The van der Waals surface area contributed by atoms with Crippen molar-refractivity contribution in [1.29, 1.82) is 0 Å². The molecule has 0 aromatic heterocycles. The first-order valence-electron chi connectivity index (χ1n) is 12.2. The van der Waals surface area contributed by atoms with E-state index in [2.05, 4.69) is 13.2 Å². The lowest BCUT2D eigenvalue weighted by Gasteiger charge is -2.32. The number of ether oxygens (including phenoxy) is 5. The topological polar surface area (TPSA) is 178 Å². The molecule has 0 aromatic carbocycles. The number of rotatable bonds is 22. The Balaban J connectivity index is 5.87. The van der Waals surface area contributed by atoms with E-state index in [4.69, 9.17) is 45.8 Å². The van der Waals surface area contributed by atoms with Gasteiger partial charge in [-0.15, -0.1) is 0 Å². The molecule has 40 heavy (non-hydrogen) atoms. The Morgan fingerprint density at radius 3 is 1.85 bits per heavy atom. The molecular weight excluding hydrogens is 572 g/mol. The zero-order valence-electron chi connectivity index (χ0n) is 23.7. The summed E-state index contributed by atoms with van der Waals surface area (Å²) in [5.74, 6) is -6.63. The highest BCUT2D eigenvalue weighted by Crippen LogP contribution is 2.23. The van der Waals surface area contributed by atoms with Gasteiger partial charge in [0.15, 0.2) is 0 Å². The first-order chi connectivity index (χ1) is 18.8. The van der Waals surface area contributed by atoms with Crippen LogP contribution in [0.5, 0.6) is 0 Å². The van der Waals surface area contributed by atoms with E-state index in [1.54, 1.807) is 20.8 Å². The monoisotopic (exact) mass is 610 g/mol. The van der Waals surface area contributed by atoms with E-state index in [1.165, 1.54) is 13.8 Å². The van der Waals surface area contributed by atoms with Gasteiger partial charge in [0.1, 0.15) is 13.2 Å². The molecule has 17 heteroatoms. The van der Waals surface area contributed by atoms with E-state index in [1.807, 2.05) is 0 Å². The maximum Gasteiger partial charge on any atom is 0.899 e. The Hall–Kier alpha value is -2.81. The van der Waals surface area contributed by atoms with Crippen LogP contribution < -0.4 is 0 Å². The summed E-state index contributed by atoms with van der Waals surface area (Å²) in [6, 6.07) is 0. The minimum Gasteiger partial charge on any atom is -0.519 e. The van der Waals surface area contributed by atoms with Gasteiger partial charge in [-0.3, -0.25) is 9.59 Å². The molecule has 228 valence electrons. The summed E-state index contributed by atoms with van der Waals surface area (Å²) in [6.45, 7) is 13.4. The lowest BCUT2D eigenvalue weighted by molar-refractivity contribution is -0.359. The quantitative estimate of drug-likeness (QED) is 0.0558. The molecule has 0 fully saturated rings. The lowest BCUT2D eigenvalue weighted by atomic mass is 10.4. The maximum atomic E-state index is 13.3. The van der Waals surface area contributed by atoms with Gasteiger partial charge >= 0.3 is 41.9 Å². The van der Waals surface area contributed by atoms with Crippen molar-refractivity contribution in [3.63, 3.8) is 0 Å². The first kappa shape index (κ1) is 37.2. The van der Waals surface area contributed by atoms with E-state index >= 15 is 0 Å². The van der Waals surface area contributed by atoms with Gasteiger partial charge in [0, 0.05) is 17.7 Å². The van der Waals surface area contributed by atoms with Gasteiger partial charge in [0.25, 0.3) is 5.97 Å². The third kappa shape index (κ3) is 14.0. The van der Waals surface area contributed by atoms with Gasteiger partial charge < -0.3 is 50.3 Å². The molecule has 0 saturated heterocycles. The zero-order valence-corrected chi connectivity index (χ0v) is 25.7. The number of esters is 1. The number of hydrogen-bond donors (Lipinski definition) is 0. The van der Waals surface area contributed by atoms with Gasteiger partial charge in [-0.2, -0.15) is 0 Å². The molecule has 0 N–H and O–H groups in total. The van der Waals surface area contributed by atoms with Crippen molar-refractivity contribution in [3.05, 3.63) is 23.9 Å². The third-order valence-electron chi connectivity index (χ3n) is 3.95. The summed E-state index contributed by atoms with van der Waals surface area (Å²) < 4.78 is 64.1. The largest absolute Gasteiger partial charge is 0.899 e. The van der Waals surface area contributed by atoms with Crippen molar-refractivity contribution in [2.24, 2.45) is 0 Å². The van der Waals surface area contributed by atoms with Crippen LogP contribution in [0.15, 0.2) is 23.9 Å². The first-order valence-corrected chi connectivity index (χ1v) is 15.2. The van der Waals surface area contributed by atoms with Crippen molar-refractivity contribution >= 4 is 41.9 Å². The second-order valence-corrected chi connectivity index (χ2v) is 11.2. The molecule has 0 amide bonds. The molecule has 0 heterocycles. The Labute approximate surface area is 235 Å². The summed E-state index contributed by atoms with van der Waals surface area (Å²) in [4.78, 5) is 49.3. The minimum absolute atomic E-state index is 0.0648. The van der Waals surface area contributed by atoms with Crippen LogP contribution >= 0.6 is 0 Å². The predicted octanol–water partition coefficient (Wildman–Crippen LogP) is 1.04. The molecule has 0 radical (unpaired) electrons. The minimum atomic E-state index is -5.04. The van der Waals surface area contributed by atoms with E-state index < -0.39 is 61.0 Å². The predicted molar refractivity (Wildman–Crippen MR) is 137 cm³/mol. The summed E-state index contributed by atoms with van der Waals surface area (Å²) in [5, 5.41) is 0.285. The molecular formula is C23H38O15Si2. The van der Waals surface area contributed by atoms with Crippen LogP contribution in [-0.4, -0.2) is 101 Å². The highest BCUT2D eigenvalue weighted by molar-refractivity contribution is 6.59. The zero-order chi connectivity index (χ0) is 30.8. The van der Waals surface area contributed by atoms with Crippen LogP contribution in [-0.2, 0) is 69.5 Å². The van der Waals surface area contributed by atoms with Crippen molar-refractivity contribution in [2.75, 3.05) is 52.9 Å². The van der Waals surface area contributed by atoms with Gasteiger partial charge in [-0.25, -0.2) is 9.59 Å². The standard InChI is InChI=1S/C23H38O15Si2/c1-9-31-23(32-10-2,33-11-3)22(27)38-40(36-19(8)24,35-15-14-34-39(28)18(6)7)37-20(25)16-29-12-13-30-21(26)17(4)5/h4,6,9-16H2,1-3,5,7-8H3. The molecule has 1 unspecified atom stereocenters. The van der Waals surface area contributed by atoms with Gasteiger partial charge in [-0.05, 0) is 34.6 Å². The van der Waals surface area contributed by atoms with E-state index in [0.717, 1.165) is 6.92 Å². The Morgan fingerprint density at radius 1 is 0.800 bits per heavy atom. The van der Waals surface area contributed by atoms with Crippen LogP contribution in [0.25, 0.3) is 0 Å². The highest BCUT2D eigenvalue weighted by Gasteiger charge is 2.62. The average molecular weight is 611 g/mol. The van der Waals surface area contributed by atoms with Crippen LogP contribution in [0, 0.1) is 0 Å². The Kier molecular flexibility index (Phi) is 17.9. The fraction of sp³-hybridized carbons (Fsp3) is 0.652. The maximum absolute atomic E-state index is 13.3. The number of allylic oxidation sites excluding steroid dienone is 1. The second-order valence-electron chi connectivity index (χ2n) is 7.55. The summed E-state index contributed by atoms with van der Waals surface area (Å²) in [5.41, 5.74) is 0.176. The smallest absolute Gasteiger partial charge is 0.519 e. The summed E-state index contributed by atoms with van der Waals surface area (Å²) in [7, 11) is -7.66. The van der Waals surface area contributed by atoms with Gasteiger partial charge in [0.2, 0.25) is 0 Å². The van der Waals surface area contributed by atoms with E-state index in [9.17, 15) is 23.6 Å². The number of carbonyl (C=O) groups excluding carboxylic acids is 4. The number of carbonyl (C=O) groups is 4. The normalized spacial score (nSPS) is 12.4. The van der Waals surface area contributed by atoms with Crippen LogP contribution in [0.3, 0.4) is 0 Å². The highest BCUT2D eigenvalue weighted by atomic mass is 28.4. The molecule has 1 atom stereocenters. The molecule has 0 spiro atoms. The molecule has 0 aromatic rings. The molecule has 0 rings (SSSR count). The fourth-order valence-corrected chi connectivity index (χ4v) is 4.63. The van der Waals surface area contributed by atoms with E-state index in [0.29, 0.717) is 0 Å². The molecule has 0 bridgehead atoms. The second kappa shape index (κ2) is 19.3. The van der Waals surface area contributed by atoms with E-state index in [-0.39, 0.29) is 50.4 Å². The van der Waals surface area contributed by atoms with Crippen molar-refractivity contribution in [2.45, 2.75) is 47.5 Å². The molecule has 0 aliphatic rings. The van der Waals surface area contributed by atoms with Crippen LogP contribution in [0.4, 0.5) is 0 Å². The lowest BCUT2D eigenvalue weighted by Crippen LogP contribution is -2.59. The van der Waals surface area contributed by atoms with Crippen LogP contribution in [0.1, 0.15) is 41.5 Å². The Bertz CT molecular complexity index is 890. The van der Waals surface area contributed by atoms with Gasteiger partial charge in [0.05, 0.1) is 39.6 Å². The molecule has 0 aliphatic carbocycles. The third-order valence-corrected chi connectivity index (χ3v) is 7.12. The van der Waals surface area contributed by atoms with Crippen LogP contribution in [0.2, 0.25) is 0 Å². The summed E-state index contributed by atoms with van der Waals surface area (Å²) in [6.07, 6.45) is 0. The van der Waals surface area contributed by atoms with Crippen molar-refractivity contribution < 1.29 is 69.5 Å². The molecule has 0 aliphatic heterocycles. The Morgan fingerprint density at radius 2 is 1.38 bits per heavy atom. The number of hydrogen-bond acceptors (Lipinski definition) is 15.